The van der Waals surface area contributed by atoms with Crippen molar-refractivity contribution in [3.63, 3.8) is 0 Å². The predicted molar refractivity (Wildman–Crippen MR) is 95.8 cm³/mol. The fraction of sp³-hybridized carbons (Fsp3) is 0.0526. The van der Waals surface area contributed by atoms with Gasteiger partial charge in [-0.1, -0.05) is 36.4 Å². The third-order valence-corrected chi connectivity index (χ3v) is 4.39. The van der Waals surface area contributed by atoms with Crippen LogP contribution in [0.2, 0.25) is 0 Å². The molecule has 120 valence electrons. The van der Waals surface area contributed by atoms with E-state index in [1.807, 2.05) is 36.4 Å². The lowest BCUT2D eigenvalue weighted by molar-refractivity contribution is 0.102. The molecule has 0 spiro atoms. The Bertz CT molecular complexity index is 868. The minimum Gasteiger partial charge on any atom is -0.320 e. The first-order chi connectivity index (χ1) is 11.7. The molecular weight excluding hydrogens is 323 g/mol. The van der Waals surface area contributed by atoms with E-state index in [2.05, 4.69) is 10.3 Å². The zero-order valence-corrected chi connectivity index (χ0v) is 13.8. The van der Waals surface area contributed by atoms with Gasteiger partial charge in [-0.15, -0.1) is 11.8 Å². The van der Waals surface area contributed by atoms with Gasteiger partial charge < -0.3 is 5.32 Å². The highest BCUT2D eigenvalue weighted by atomic mass is 32.2. The summed E-state index contributed by atoms with van der Waals surface area (Å²) in [6.45, 7) is 0. The Morgan fingerprint density at radius 2 is 1.88 bits per heavy atom. The first kappa shape index (κ1) is 16.2. The summed E-state index contributed by atoms with van der Waals surface area (Å²) >= 11 is 1.21. The molecule has 0 aliphatic heterocycles. The number of pyridine rings is 1. The number of anilines is 1. The van der Waals surface area contributed by atoms with Gasteiger partial charge in [0.2, 0.25) is 0 Å². The highest BCUT2D eigenvalue weighted by molar-refractivity contribution is 7.98. The van der Waals surface area contributed by atoms with E-state index in [0.717, 1.165) is 11.1 Å². The number of rotatable bonds is 4. The molecule has 0 fully saturated rings. The van der Waals surface area contributed by atoms with E-state index in [1.165, 1.54) is 23.9 Å². The molecule has 3 rings (SSSR count). The van der Waals surface area contributed by atoms with Crippen LogP contribution < -0.4 is 5.32 Å². The Hall–Kier alpha value is -2.66. The van der Waals surface area contributed by atoms with E-state index >= 15 is 0 Å². The Kier molecular flexibility index (Phi) is 4.91. The average Bonchev–Trinajstić information content (AvgIpc) is 2.62. The topological polar surface area (TPSA) is 42.0 Å². The van der Waals surface area contributed by atoms with Gasteiger partial charge in [0, 0.05) is 11.8 Å². The van der Waals surface area contributed by atoms with E-state index in [9.17, 15) is 9.18 Å². The minimum atomic E-state index is -0.399. The Morgan fingerprint density at radius 3 is 2.62 bits per heavy atom. The number of aromatic nitrogens is 1. The Labute approximate surface area is 143 Å². The van der Waals surface area contributed by atoms with Gasteiger partial charge >= 0.3 is 0 Å². The molecule has 0 radical (unpaired) electrons. The van der Waals surface area contributed by atoms with Gasteiger partial charge in [0.05, 0.1) is 22.3 Å². The van der Waals surface area contributed by atoms with Crippen LogP contribution in [0.25, 0.3) is 11.1 Å². The summed E-state index contributed by atoms with van der Waals surface area (Å²) in [6.07, 6.45) is 5.01. The zero-order valence-electron chi connectivity index (χ0n) is 13.0. The van der Waals surface area contributed by atoms with Crippen molar-refractivity contribution >= 4 is 23.4 Å². The second-order valence-corrected chi connectivity index (χ2v) is 5.88. The maximum absolute atomic E-state index is 13.9. The number of nitrogens with one attached hydrogen (secondary N) is 1. The van der Waals surface area contributed by atoms with E-state index in [1.54, 1.807) is 24.7 Å². The number of carbonyl (C=O) groups excluding carboxylic acids is 1. The molecule has 2 aromatic carbocycles. The summed E-state index contributed by atoms with van der Waals surface area (Å²) in [5, 5.41) is 2.85. The molecule has 0 saturated carbocycles. The standard InChI is InChI=1S/C19H15FN2OS/c1-24-18-15(8-5-9-16(18)20)19(23)22-17-12-21-11-10-14(17)13-6-3-2-4-7-13/h2-12H,1H3,(H,22,23). The molecular formula is C19H15FN2OS. The van der Waals surface area contributed by atoms with Gasteiger partial charge in [0.25, 0.3) is 5.91 Å². The van der Waals surface area contributed by atoms with Gasteiger partial charge in [-0.2, -0.15) is 0 Å². The van der Waals surface area contributed by atoms with Crippen LogP contribution in [0.15, 0.2) is 71.9 Å². The summed E-state index contributed by atoms with van der Waals surface area (Å²) in [5.41, 5.74) is 2.73. The highest BCUT2D eigenvalue weighted by Crippen LogP contribution is 2.29. The molecule has 1 aromatic heterocycles. The molecule has 3 nitrogen and oxygen atoms in total. The number of hydrogen-bond acceptors (Lipinski definition) is 3. The molecule has 0 atom stereocenters. The monoisotopic (exact) mass is 338 g/mol. The second-order valence-electron chi connectivity index (χ2n) is 5.06. The van der Waals surface area contributed by atoms with Crippen LogP contribution in [0.1, 0.15) is 10.4 Å². The SMILES string of the molecule is CSc1c(F)cccc1C(=O)Nc1cnccc1-c1ccccc1. The summed E-state index contributed by atoms with van der Waals surface area (Å²) < 4.78 is 13.9. The Morgan fingerprint density at radius 1 is 1.08 bits per heavy atom. The number of benzene rings is 2. The van der Waals surface area contributed by atoms with Crippen molar-refractivity contribution in [1.82, 2.24) is 4.98 Å². The maximum Gasteiger partial charge on any atom is 0.256 e. The third kappa shape index (κ3) is 3.31. The largest absolute Gasteiger partial charge is 0.320 e. The molecule has 0 bridgehead atoms. The average molecular weight is 338 g/mol. The van der Waals surface area contributed by atoms with E-state index in [-0.39, 0.29) is 5.91 Å². The number of hydrogen-bond donors (Lipinski definition) is 1. The molecule has 0 unspecified atom stereocenters. The molecule has 5 heteroatoms. The molecule has 1 amide bonds. The van der Waals surface area contributed by atoms with Crippen LogP contribution in [-0.2, 0) is 0 Å². The fourth-order valence-corrected chi connectivity index (χ4v) is 3.09. The lowest BCUT2D eigenvalue weighted by Gasteiger charge is -2.12. The van der Waals surface area contributed by atoms with E-state index < -0.39 is 5.82 Å². The van der Waals surface area contributed by atoms with Crippen LogP contribution >= 0.6 is 11.8 Å². The van der Waals surface area contributed by atoms with Crippen molar-refractivity contribution in [2.24, 2.45) is 0 Å². The summed E-state index contributed by atoms with van der Waals surface area (Å²) in [4.78, 5) is 17.0. The van der Waals surface area contributed by atoms with E-state index in [0.29, 0.717) is 16.1 Å². The molecule has 0 aliphatic rings. The third-order valence-electron chi connectivity index (χ3n) is 3.57. The van der Waals surface area contributed by atoms with Gasteiger partial charge in [-0.05, 0) is 30.0 Å². The van der Waals surface area contributed by atoms with E-state index in [4.69, 9.17) is 0 Å². The molecule has 1 heterocycles. The van der Waals surface area contributed by atoms with Gasteiger partial charge in [-0.3, -0.25) is 9.78 Å². The van der Waals surface area contributed by atoms with Crippen molar-refractivity contribution in [3.05, 3.63) is 78.4 Å². The highest BCUT2D eigenvalue weighted by Gasteiger charge is 2.16. The zero-order chi connectivity index (χ0) is 16.9. The van der Waals surface area contributed by atoms with Crippen LogP contribution in [-0.4, -0.2) is 17.1 Å². The number of halogens is 1. The van der Waals surface area contributed by atoms with Crippen molar-refractivity contribution in [2.75, 3.05) is 11.6 Å². The summed E-state index contributed by atoms with van der Waals surface area (Å²) in [5.74, 6) is -0.756. The van der Waals surface area contributed by atoms with Crippen molar-refractivity contribution < 1.29 is 9.18 Å². The molecule has 0 saturated heterocycles. The minimum absolute atomic E-state index is 0.311. The van der Waals surface area contributed by atoms with Crippen molar-refractivity contribution in [3.8, 4) is 11.1 Å². The first-order valence-electron chi connectivity index (χ1n) is 7.34. The number of carbonyl (C=O) groups is 1. The second kappa shape index (κ2) is 7.27. The predicted octanol–water partition coefficient (Wildman–Crippen LogP) is 4.86. The molecule has 24 heavy (non-hydrogen) atoms. The Balaban J connectivity index is 1.96. The summed E-state index contributed by atoms with van der Waals surface area (Å²) in [6, 6.07) is 16.0. The molecule has 0 aliphatic carbocycles. The fourth-order valence-electron chi connectivity index (χ4n) is 2.45. The van der Waals surface area contributed by atoms with Crippen LogP contribution in [0, 0.1) is 5.82 Å². The van der Waals surface area contributed by atoms with Crippen LogP contribution in [0.5, 0.6) is 0 Å². The quantitative estimate of drug-likeness (QED) is 0.691. The number of thioether (sulfide) groups is 1. The molecule has 3 aromatic rings. The smallest absolute Gasteiger partial charge is 0.256 e. The van der Waals surface area contributed by atoms with Crippen molar-refractivity contribution in [2.45, 2.75) is 4.90 Å². The normalized spacial score (nSPS) is 10.4. The summed E-state index contributed by atoms with van der Waals surface area (Å²) in [7, 11) is 0. The van der Waals surface area contributed by atoms with Gasteiger partial charge in [0.1, 0.15) is 5.82 Å². The lowest BCUT2D eigenvalue weighted by Crippen LogP contribution is -2.14. The number of amides is 1. The first-order valence-corrected chi connectivity index (χ1v) is 8.56. The van der Waals surface area contributed by atoms with Crippen LogP contribution in [0.3, 0.4) is 0 Å². The lowest BCUT2D eigenvalue weighted by atomic mass is 10.1. The number of nitrogens with zero attached hydrogens (tertiary/aromatic N) is 1. The van der Waals surface area contributed by atoms with Gasteiger partial charge in [-0.25, -0.2) is 4.39 Å². The van der Waals surface area contributed by atoms with Crippen molar-refractivity contribution in [1.29, 1.82) is 0 Å². The van der Waals surface area contributed by atoms with Crippen LogP contribution in [0.4, 0.5) is 10.1 Å². The van der Waals surface area contributed by atoms with Gasteiger partial charge in [0.15, 0.2) is 0 Å². The molecule has 1 N–H and O–H groups in total. The maximum atomic E-state index is 13.9.